The van der Waals surface area contributed by atoms with Gasteiger partial charge in [-0.3, -0.25) is 4.57 Å². The van der Waals surface area contributed by atoms with Crippen molar-refractivity contribution in [3.8, 4) is 5.82 Å². The number of nitrogens with zero attached hydrogens (tertiary/aromatic N) is 4. The molecule has 0 amide bonds. The summed E-state index contributed by atoms with van der Waals surface area (Å²) in [6.45, 7) is 4.56. The first kappa shape index (κ1) is 22.6. The molecule has 7 heteroatoms. The van der Waals surface area contributed by atoms with Crippen LogP contribution < -0.4 is 10.6 Å². The molecule has 154 valence electrons. The molecule has 2 aromatic heterocycles. The van der Waals surface area contributed by atoms with E-state index in [9.17, 15) is 0 Å². The van der Waals surface area contributed by atoms with Crippen molar-refractivity contribution >= 4 is 29.9 Å². The average molecular weight is 496 g/mol. The molecule has 0 spiro atoms. The van der Waals surface area contributed by atoms with Crippen LogP contribution in [-0.2, 0) is 6.54 Å². The third-order valence-corrected chi connectivity index (χ3v) is 5.15. The van der Waals surface area contributed by atoms with Crippen LogP contribution in [0.3, 0.4) is 0 Å². The molecule has 0 atom stereocenters. The maximum absolute atomic E-state index is 4.69. The van der Waals surface area contributed by atoms with Gasteiger partial charge in [0, 0.05) is 31.7 Å². The lowest BCUT2D eigenvalue weighted by Gasteiger charge is -2.12. The predicted molar refractivity (Wildman–Crippen MR) is 125 cm³/mol. The molecule has 0 saturated heterocycles. The second kappa shape index (κ2) is 12.7. The van der Waals surface area contributed by atoms with E-state index in [1.165, 1.54) is 44.9 Å². The van der Waals surface area contributed by atoms with E-state index in [-0.39, 0.29) is 24.0 Å². The monoisotopic (exact) mass is 496 g/mol. The number of nitrogens with one attached hydrogen (secondary N) is 2. The van der Waals surface area contributed by atoms with Gasteiger partial charge in [-0.25, -0.2) is 15.0 Å². The van der Waals surface area contributed by atoms with Gasteiger partial charge >= 0.3 is 0 Å². The van der Waals surface area contributed by atoms with Crippen LogP contribution >= 0.6 is 24.0 Å². The zero-order valence-electron chi connectivity index (χ0n) is 16.8. The predicted octanol–water partition coefficient (Wildman–Crippen LogP) is 4.30. The van der Waals surface area contributed by atoms with Gasteiger partial charge in [-0.2, -0.15) is 0 Å². The smallest absolute Gasteiger partial charge is 0.191 e. The number of hydrogen-bond acceptors (Lipinski definition) is 3. The first-order valence-electron chi connectivity index (χ1n) is 10.3. The normalized spacial score (nSPS) is 14.7. The molecule has 2 aromatic rings. The highest BCUT2D eigenvalue weighted by molar-refractivity contribution is 14.0. The molecule has 1 fully saturated rings. The van der Waals surface area contributed by atoms with Gasteiger partial charge in [0.05, 0.1) is 6.54 Å². The summed E-state index contributed by atoms with van der Waals surface area (Å²) >= 11 is 0. The summed E-state index contributed by atoms with van der Waals surface area (Å²) < 4.78 is 1.89. The lowest BCUT2D eigenvalue weighted by Crippen LogP contribution is -2.37. The summed E-state index contributed by atoms with van der Waals surface area (Å²) in [4.78, 5) is 13.2. The van der Waals surface area contributed by atoms with Crippen LogP contribution in [-0.4, -0.2) is 33.6 Å². The van der Waals surface area contributed by atoms with Crippen molar-refractivity contribution in [1.82, 2.24) is 25.2 Å². The minimum atomic E-state index is 0. The molecular formula is C21H33IN6. The number of rotatable bonds is 9. The van der Waals surface area contributed by atoms with Crippen molar-refractivity contribution in [2.45, 2.75) is 58.4 Å². The number of guanidine groups is 1. The van der Waals surface area contributed by atoms with Gasteiger partial charge in [0.1, 0.15) is 12.1 Å². The van der Waals surface area contributed by atoms with Crippen molar-refractivity contribution < 1.29 is 0 Å². The summed E-state index contributed by atoms with van der Waals surface area (Å²) in [6.07, 6.45) is 17.0. The molecule has 1 saturated carbocycles. The van der Waals surface area contributed by atoms with Crippen LogP contribution in [0.4, 0.5) is 0 Å². The van der Waals surface area contributed by atoms with Crippen molar-refractivity contribution in [1.29, 1.82) is 0 Å². The van der Waals surface area contributed by atoms with Crippen molar-refractivity contribution in [3.05, 3.63) is 42.6 Å². The van der Waals surface area contributed by atoms with Gasteiger partial charge in [-0.1, -0.05) is 44.6 Å². The Hall–Kier alpha value is -1.64. The number of pyridine rings is 1. The average Bonchev–Trinajstić information content (AvgIpc) is 3.40. The van der Waals surface area contributed by atoms with Crippen molar-refractivity contribution in [2.24, 2.45) is 10.9 Å². The lowest BCUT2D eigenvalue weighted by atomic mass is 10.0. The van der Waals surface area contributed by atoms with E-state index in [4.69, 9.17) is 0 Å². The van der Waals surface area contributed by atoms with E-state index in [0.717, 1.165) is 36.3 Å². The highest BCUT2D eigenvalue weighted by Gasteiger charge is 2.13. The fourth-order valence-corrected chi connectivity index (χ4v) is 3.63. The third-order valence-electron chi connectivity index (χ3n) is 5.15. The van der Waals surface area contributed by atoms with E-state index >= 15 is 0 Å². The Morgan fingerprint density at radius 3 is 2.75 bits per heavy atom. The Bertz CT molecular complexity index is 677. The zero-order valence-corrected chi connectivity index (χ0v) is 19.1. The highest BCUT2D eigenvalue weighted by atomic mass is 127. The van der Waals surface area contributed by atoms with Crippen LogP contribution in [0.25, 0.3) is 5.82 Å². The van der Waals surface area contributed by atoms with Gasteiger partial charge in [-0.15, -0.1) is 24.0 Å². The summed E-state index contributed by atoms with van der Waals surface area (Å²) in [5.74, 6) is 2.74. The summed E-state index contributed by atoms with van der Waals surface area (Å²) in [5, 5.41) is 6.78. The molecule has 28 heavy (non-hydrogen) atoms. The standard InChI is InChI=1S/C21H32N6.HI/c1-2-23-21(24-12-6-5-9-18-7-3-4-8-18)26-16-19-10-11-20(25-15-19)27-14-13-22-17-27;/h10-11,13-15,17-18H,2-9,12,16H2,1H3,(H2,23,24,26);1H. The van der Waals surface area contributed by atoms with Crippen LogP contribution in [0.5, 0.6) is 0 Å². The molecule has 6 nitrogen and oxygen atoms in total. The number of hydrogen-bond donors (Lipinski definition) is 2. The topological polar surface area (TPSA) is 67.1 Å². The lowest BCUT2D eigenvalue weighted by molar-refractivity contribution is 0.472. The Kier molecular flexibility index (Phi) is 10.3. The number of aliphatic imine (C=N–C) groups is 1. The molecule has 0 aromatic carbocycles. The van der Waals surface area contributed by atoms with Crippen molar-refractivity contribution in [2.75, 3.05) is 13.1 Å². The van der Waals surface area contributed by atoms with Gasteiger partial charge in [0.2, 0.25) is 0 Å². The van der Waals surface area contributed by atoms with E-state index in [0.29, 0.717) is 6.54 Å². The first-order chi connectivity index (χ1) is 13.3. The summed E-state index contributed by atoms with van der Waals surface area (Å²) in [6, 6.07) is 4.06. The highest BCUT2D eigenvalue weighted by Crippen LogP contribution is 2.28. The molecule has 3 rings (SSSR count). The molecule has 0 radical (unpaired) electrons. The van der Waals surface area contributed by atoms with Gasteiger partial charge in [-0.05, 0) is 30.9 Å². The fourth-order valence-electron chi connectivity index (χ4n) is 3.63. The van der Waals surface area contributed by atoms with Crippen molar-refractivity contribution in [3.63, 3.8) is 0 Å². The Labute approximate surface area is 185 Å². The number of imidazole rings is 1. The zero-order chi connectivity index (χ0) is 18.7. The second-order valence-electron chi connectivity index (χ2n) is 7.26. The van der Waals surface area contributed by atoms with E-state index in [2.05, 4.69) is 38.6 Å². The largest absolute Gasteiger partial charge is 0.357 e. The van der Waals surface area contributed by atoms with Crippen LogP contribution in [0.15, 0.2) is 42.0 Å². The van der Waals surface area contributed by atoms with E-state index in [1.54, 1.807) is 12.5 Å². The molecule has 2 heterocycles. The fraction of sp³-hybridized carbons (Fsp3) is 0.571. The maximum Gasteiger partial charge on any atom is 0.191 e. The Morgan fingerprint density at radius 2 is 2.07 bits per heavy atom. The maximum atomic E-state index is 4.69. The molecule has 2 N–H and O–H groups in total. The van der Waals surface area contributed by atoms with Crippen LogP contribution in [0, 0.1) is 5.92 Å². The number of unbranched alkanes of at least 4 members (excludes halogenated alkanes) is 1. The van der Waals surface area contributed by atoms with Gasteiger partial charge < -0.3 is 10.6 Å². The molecule has 1 aliphatic carbocycles. The minimum Gasteiger partial charge on any atom is -0.357 e. The van der Waals surface area contributed by atoms with E-state index in [1.807, 2.05) is 23.0 Å². The molecular weight excluding hydrogens is 463 g/mol. The number of aromatic nitrogens is 3. The quantitative estimate of drug-likeness (QED) is 0.235. The first-order valence-corrected chi connectivity index (χ1v) is 10.3. The number of halogens is 1. The Balaban J connectivity index is 0.00000280. The van der Waals surface area contributed by atoms with Crippen LogP contribution in [0.1, 0.15) is 57.4 Å². The molecule has 0 unspecified atom stereocenters. The van der Waals surface area contributed by atoms with Gasteiger partial charge in [0.25, 0.3) is 0 Å². The molecule has 0 bridgehead atoms. The summed E-state index contributed by atoms with van der Waals surface area (Å²) in [7, 11) is 0. The Morgan fingerprint density at radius 1 is 1.21 bits per heavy atom. The molecule has 1 aliphatic rings. The second-order valence-corrected chi connectivity index (χ2v) is 7.26. The molecule has 0 aliphatic heterocycles. The third kappa shape index (κ3) is 7.41. The minimum absolute atomic E-state index is 0. The van der Waals surface area contributed by atoms with Gasteiger partial charge in [0.15, 0.2) is 5.96 Å². The van der Waals surface area contributed by atoms with Crippen LogP contribution in [0.2, 0.25) is 0 Å². The van der Waals surface area contributed by atoms with E-state index < -0.39 is 0 Å². The summed E-state index contributed by atoms with van der Waals surface area (Å²) in [5.41, 5.74) is 1.09. The SMILES string of the molecule is CCNC(=NCc1ccc(-n2ccnc2)nc1)NCCCCC1CCCC1.I.